The summed E-state index contributed by atoms with van der Waals surface area (Å²) < 4.78 is 1.86. The van der Waals surface area contributed by atoms with Gasteiger partial charge in [-0.15, -0.1) is 0 Å². The van der Waals surface area contributed by atoms with Crippen LogP contribution in [0.4, 0.5) is 0 Å². The molecule has 0 saturated heterocycles. The quantitative estimate of drug-likeness (QED) is 0.661. The van der Waals surface area contributed by atoms with Crippen LogP contribution in [-0.4, -0.2) is 27.2 Å². The number of hydrazine groups is 1. The zero-order chi connectivity index (χ0) is 21.3. The normalized spacial score (nSPS) is 15.0. The molecule has 3 aromatic rings. The van der Waals surface area contributed by atoms with Gasteiger partial charge in [0.05, 0.1) is 18.0 Å². The van der Waals surface area contributed by atoms with Gasteiger partial charge in [0.15, 0.2) is 0 Å². The van der Waals surface area contributed by atoms with E-state index in [1.165, 1.54) is 11.8 Å². The second-order valence-electron chi connectivity index (χ2n) is 7.26. The van der Waals surface area contributed by atoms with Crippen LogP contribution in [0.3, 0.4) is 0 Å². The van der Waals surface area contributed by atoms with Crippen LogP contribution in [0.15, 0.2) is 60.9 Å². The summed E-state index contributed by atoms with van der Waals surface area (Å²) in [5, 5.41) is 0.806. The van der Waals surface area contributed by atoms with Gasteiger partial charge < -0.3 is 9.47 Å². The summed E-state index contributed by atoms with van der Waals surface area (Å²) >= 11 is 0. The lowest BCUT2D eigenvalue weighted by atomic mass is 9.93. The second-order valence-corrected chi connectivity index (χ2v) is 7.26. The number of carbonyl (C=O) groups is 3. The Labute approximate surface area is 173 Å². The molecule has 0 radical (unpaired) electrons. The van der Waals surface area contributed by atoms with E-state index in [4.69, 9.17) is 0 Å². The van der Waals surface area contributed by atoms with E-state index < -0.39 is 11.9 Å². The third kappa shape index (κ3) is 3.57. The number of nitrogens with one attached hydrogen (secondary N) is 2. The summed E-state index contributed by atoms with van der Waals surface area (Å²) in [6.45, 7) is 1.46. The van der Waals surface area contributed by atoms with Gasteiger partial charge in [0.2, 0.25) is 11.8 Å². The van der Waals surface area contributed by atoms with Gasteiger partial charge in [0.1, 0.15) is 0 Å². The molecule has 4 rings (SSSR count). The second kappa shape index (κ2) is 7.87. The van der Waals surface area contributed by atoms with Gasteiger partial charge in [-0.2, -0.15) is 0 Å². The molecule has 0 aliphatic carbocycles. The van der Waals surface area contributed by atoms with Gasteiger partial charge in [0.25, 0.3) is 5.91 Å². The third-order valence-corrected chi connectivity index (χ3v) is 5.30. The lowest BCUT2D eigenvalue weighted by molar-refractivity contribution is -0.130. The van der Waals surface area contributed by atoms with E-state index in [1.54, 1.807) is 12.4 Å². The number of rotatable bonds is 3. The van der Waals surface area contributed by atoms with E-state index in [1.807, 2.05) is 66.2 Å². The number of para-hydroxylation sites is 1. The molecule has 152 valence electrons. The average molecular weight is 402 g/mol. The standard InChI is InChI=1S/C23H22N4O3/c1-15(28)27-12-11-16-7-3-4-8-17(16)21(27)13-22(29)24-25-23(30)19-14-26(2)20-10-6-5-9-18(19)20/h3-12,14,21H,13H2,1-2H3,(H,24,29)(H,25,30). The molecule has 0 bridgehead atoms. The Bertz CT molecular complexity index is 1180. The highest BCUT2D eigenvalue weighted by atomic mass is 16.2. The van der Waals surface area contributed by atoms with Gasteiger partial charge in [0, 0.05) is 37.3 Å². The zero-order valence-electron chi connectivity index (χ0n) is 16.8. The van der Waals surface area contributed by atoms with Crippen molar-refractivity contribution in [3.8, 4) is 0 Å². The van der Waals surface area contributed by atoms with Crippen molar-refractivity contribution in [2.45, 2.75) is 19.4 Å². The van der Waals surface area contributed by atoms with Crippen LogP contribution >= 0.6 is 0 Å². The van der Waals surface area contributed by atoms with E-state index in [0.717, 1.165) is 22.0 Å². The number of aromatic nitrogens is 1. The summed E-state index contributed by atoms with van der Waals surface area (Å²) in [4.78, 5) is 38.8. The van der Waals surface area contributed by atoms with Crippen molar-refractivity contribution in [3.63, 3.8) is 0 Å². The van der Waals surface area contributed by atoms with Crippen LogP contribution in [0.5, 0.6) is 0 Å². The molecule has 3 amide bonds. The Kier molecular flexibility index (Phi) is 5.10. The first-order valence-electron chi connectivity index (χ1n) is 9.65. The number of carbonyl (C=O) groups excluding carboxylic acids is 3. The molecule has 7 heteroatoms. The largest absolute Gasteiger partial charge is 0.350 e. The van der Waals surface area contributed by atoms with E-state index in [0.29, 0.717) is 5.56 Å². The van der Waals surface area contributed by atoms with Crippen molar-refractivity contribution in [1.82, 2.24) is 20.3 Å². The van der Waals surface area contributed by atoms with Crippen molar-refractivity contribution in [1.29, 1.82) is 0 Å². The Morgan fingerprint density at radius 2 is 1.73 bits per heavy atom. The molecule has 0 saturated carbocycles. The number of benzene rings is 2. The predicted molar refractivity (Wildman–Crippen MR) is 114 cm³/mol. The molecule has 1 aromatic heterocycles. The Balaban J connectivity index is 1.47. The SMILES string of the molecule is CC(=O)N1C=Cc2ccccc2C1CC(=O)NNC(=O)c1cn(C)c2ccccc12. The maximum atomic E-state index is 12.6. The summed E-state index contributed by atoms with van der Waals surface area (Å²) in [7, 11) is 1.86. The number of amides is 3. The summed E-state index contributed by atoms with van der Waals surface area (Å²) in [6, 6.07) is 14.8. The molecule has 0 fully saturated rings. The van der Waals surface area contributed by atoms with Crippen molar-refractivity contribution < 1.29 is 14.4 Å². The Hall–Kier alpha value is -3.87. The number of hydrogen-bond acceptors (Lipinski definition) is 3. The summed E-state index contributed by atoms with van der Waals surface area (Å²) in [5.74, 6) is -0.934. The van der Waals surface area contributed by atoms with Crippen LogP contribution in [0.2, 0.25) is 0 Å². The molecular weight excluding hydrogens is 380 g/mol. The van der Waals surface area contributed by atoms with Crippen LogP contribution < -0.4 is 10.9 Å². The van der Waals surface area contributed by atoms with E-state index in [-0.39, 0.29) is 18.2 Å². The first-order valence-corrected chi connectivity index (χ1v) is 9.65. The zero-order valence-corrected chi connectivity index (χ0v) is 16.8. The monoisotopic (exact) mass is 402 g/mol. The smallest absolute Gasteiger partial charge is 0.271 e. The molecule has 7 nitrogen and oxygen atoms in total. The summed E-state index contributed by atoms with van der Waals surface area (Å²) in [6.07, 6.45) is 5.30. The molecule has 2 heterocycles. The maximum Gasteiger partial charge on any atom is 0.271 e. The highest BCUT2D eigenvalue weighted by Gasteiger charge is 2.28. The van der Waals surface area contributed by atoms with Crippen molar-refractivity contribution >= 4 is 34.7 Å². The number of aryl methyl sites for hydroxylation is 1. The van der Waals surface area contributed by atoms with Crippen molar-refractivity contribution in [3.05, 3.63) is 77.6 Å². The van der Waals surface area contributed by atoms with E-state index >= 15 is 0 Å². The first-order chi connectivity index (χ1) is 14.5. The predicted octanol–water partition coefficient (Wildman–Crippen LogP) is 2.90. The topological polar surface area (TPSA) is 83.4 Å². The third-order valence-electron chi connectivity index (χ3n) is 5.30. The van der Waals surface area contributed by atoms with Crippen LogP contribution in [0, 0.1) is 0 Å². The van der Waals surface area contributed by atoms with Crippen LogP contribution in [0.25, 0.3) is 17.0 Å². The fourth-order valence-electron chi connectivity index (χ4n) is 3.86. The minimum Gasteiger partial charge on any atom is -0.350 e. The fourth-order valence-corrected chi connectivity index (χ4v) is 3.86. The molecule has 30 heavy (non-hydrogen) atoms. The molecule has 1 aliphatic heterocycles. The molecular formula is C23H22N4O3. The minimum atomic E-state index is -0.432. The molecule has 1 aliphatic rings. The molecule has 1 atom stereocenters. The number of hydrogen-bond donors (Lipinski definition) is 2. The first kappa shape index (κ1) is 19.4. The van der Waals surface area contributed by atoms with Crippen molar-refractivity contribution in [2.75, 3.05) is 0 Å². The van der Waals surface area contributed by atoms with Gasteiger partial charge in [-0.25, -0.2) is 0 Å². The average Bonchev–Trinajstić information content (AvgIpc) is 3.09. The van der Waals surface area contributed by atoms with Gasteiger partial charge in [-0.1, -0.05) is 42.5 Å². The van der Waals surface area contributed by atoms with E-state index in [9.17, 15) is 14.4 Å². The molecule has 1 unspecified atom stereocenters. The highest BCUT2D eigenvalue weighted by Crippen LogP contribution is 2.32. The van der Waals surface area contributed by atoms with Crippen molar-refractivity contribution in [2.24, 2.45) is 7.05 Å². The van der Waals surface area contributed by atoms with E-state index in [2.05, 4.69) is 10.9 Å². The molecule has 2 N–H and O–H groups in total. The van der Waals surface area contributed by atoms with Crippen LogP contribution in [-0.2, 0) is 16.6 Å². The number of nitrogens with zero attached hydrogens (tertiary/aromatic N) is 2. The van der Waals surface area contributed by atoms with Gasteiger partial charge in [-0.05, 0) is 23.3 Å². The van der Waals surface area contributed by atoms with Gasteiger partial charge >= 0.3 is 0 Å². The number of fused-ring (bicyclic) bond motifs is 2. The summed E-state index contributed by atoms with van der Waals surface area (Å²) in [5.41, 5.74) is 8.23. The maximum absolute atomic E-state index is 12.6. The molecule has 2 aromatic carbocycles. The van der Waals surface area contributed by atoms with Crippen LogP contribution in [0.1, 0.15) is 40.9 Å². The Morgan fingerprint density at radius 1 is 1.00 bits per heavy atom. The fraction of sp³-hybridized carbons (Fsp3) is 0.174. The lowest BCUT2D eigenvalue weighted by Crippen LogP contribution is -2.43. The lowest BCUT2D eigenvalue weighted by Gasteiger charge is -2.32. The highest BCUT2D eigenvalue weighted by molar-refractivity contribution is 6.07. The minimum absolute atomic E-state index is 0.0246. The molecule has 0 spiro atoms. The van der Waals surface area contributed by atoms with Gasteiger partial charge in [-0.3, -0.25) is 25.2 Å². The Morgan fingerprint density at radius 3 is 2.53 bits per heavy atom.